The third-order valence-corrected chi connectivity index (χ3v) is 6.22. The molecular weight excluding hydrogens is 394 g/mol. The molecule has 0 radical (unpaired) electrons. The third-order valence-electron chi connectivity index (χ3n) is 4.25. The number of rotatable bonds is 6. The van der Waals surface area contributed by atoms with E-state index < -0.39 is 0 Å². The zero-order valence-electron chi connectivity index (χ0n) is 15.9. The van der Waals surface area contributed by atoms with E-state index >= 15 is 0 Å². The Morgan fingerprint density at radius 2 is 2.00 bits per heavy atom. The Labute approximate surface area is 171 Å². The monoisotopic (exact) mass is 413 g/mol. The molecule has 7 nitrogen and oxygen atoms in total. The number of thioether (sulfide) groups is 1. The molecule has 2 aromatic heterocycles. The molecule has 1 amide bonds. The zero-order chi connectivity index (χ0) is 20.3. The number of aromatic nitrogens is 3. The summed E-state index contributed by atoms with van der Waals surface area (Å²) in [6, 6.07) is 9.68. The molecule has 144 valence electrons. The van der Waals surface area contributed by atoms with Crippen LogP contribution in [0.15, 0.2) is 28.6 Å². The van der Waals surface area contributed by atoms with Crippen molar-refractivity contribution in [2.75, 3.05) is 18.2 Å². The standard InChI is InChI=1S/C19H19N5O2S2/c1-11-12(2)24(14-5-7-15(26-4)8-6-14)18(16(11)9-20)21-17(25)10-27-19-23-22-13(3)28-19/h5-8H,10H2,1-4H3,(H,21,25). The maximum absolute atomic E-state index is 12.5. The average molecular weight is 414 g/mol. The number of carbonyl (C=O) groups excluding carboxylic acids is 1. The van der Waals surface area contributed by atoms with Gasteiger partial charge in [0.2, 0.25) is 5.91 Å². The van der Waals surface area contributed by atoms with Crippen LogP contribution in [0.5, 0.6) is 5.75 Å². The van der Waals surface area contributed by atoms with Crippen molar-refractivity contribution in [3.05, 3.63) is 46.1 Å². The number of nitrogens with zero attached hydrogens (tertiary/aromatic N) is 4. The fourth-order valence-corrected chi connectivity index (χ4v) is 4.36. The number of hydrogen-bond donors (Lipinski definition) is 1. The molecule has 3 aromatic rings. The number of benzene rings is 1. The number of carbonyl (C=O) groups is 1. The second kappa shape index (κ2) is 8.46. The number of nitriles is 1. The van der Waals surface area contributed by atoms with Crippen molar-refractivity contribution in [1.29, 1.82) is 5.26 Å². The van der Waals surface area contributed by atoms with Crippen molar-refractivity contribution >= 4 is 34.8 Å². The van der Waals surface area contributed by atoms with Crippen molar-refractivity contribution in [2.45, 2.75) is 25.1 Å². The van der Waals surface area contributed by atoms with Crippen molar-refractivity contribution in [1.82, 2.24) is 14.8 Å². The molecule has 0 saturated carbocycles. The minimum Gasteiger partial charge on any atom is -0.497 e. The van der Waals surface area contributed by atoms with Crippen molar-refractivity contribution in [3.8, 4) is 17.5 Å². The summed E-state index contributed by atoms with van der Waals surface area (Å²) < 4.78 is 7.83. The average Bonchev–Trinajstić information content (AvgIpc) is 3.21. The summed E-state index contributed by atoms with van der Waals surface area (Å²) in [5.41, 5.74) is 3.02. The molecule has 0 aliphatic heterocycles. The van der Waals surface area contributed by atoms with Crippen LogP contribution in [0.3, 0.4) is 0 Å². The smallest absolute Gasteiger partial charge is 0.235 e. The zero-order valence-corrected chi connectivity index (χ0v) is 17.6. The van der Waals surface area contributed by atoms with Gasteiger partial charge in [-0.15, -0.1) is 10.2 Å². The van der Waals surface area contributed by atoms with Crippen LogP contribution in [0.4, 0.5) is 5.82 Å². The molecule has 2 heterocycles. The van der Waals surface area contributed by atoms with Crippen LogP contribution in [0.25, 0.3) is 5.69 Å². The van der Waals surface area contributed by atoms with Gasteiger partial charge in [0.05, 0.1) is 18.4 Å². The highest BCUT2D eigenvalue weighted by molar-refractivity contribution is 8.01. The predicted molar refractivity (Wildman–Crippen MR) is 111 cm³/mol. The lowest BCUT2D eigenvalue weighted by atomic mass is 10.2. The second-order valence-electron chi connectivity index (χ2n) is 6.00. The van der Waals surface area contributed by atoms with Gasteiger partial charge in [-0.05, 0) is 50.6 Å². The van der Waals surface area contributed by atoms with E-state index in [0.717, 1.165) is 32.0 Å². The SMILES string of the molecule is COc1ccc(-n2c(C)c(C)c(C#N)c2NC(=O)CSc2nnc(C)s2)cc1. The lowest BCUT2D eigenvalue weighted by Crippen LogP contribution is -2.17. The minimum atomic E-state index is -0.207. The van der Waals surface area contributed by atoms with E-state index in [-0.39, 0.29) is 11.7 Å². The van der Waals surface area contributed by atoms with Crippen LogP contribution < -0.4 is 10.1 Å². The summed E-state index contributed by atoms with van der Waals surface area (Å²) >= 11 is 2.77. The van der Waals surface area contributed by atoms with E-state index in [1.807, 2.05) is 49.6 Å². The molecule has 0 aliphatic rings. The first kappa shape index (κ1) is 19.9. The molecular formula is C19H19N5O2S2. The number of methoxy groups -OCH3 is 1. The Hall–Kier alpha value is -2.83. The lowest BCUT2D eigenvalue weighted by Gasteiger charge is -2.13. The lowest BCUT2D eigenvalue weighted by molar-refractivity contribution is -0.113. The molecule has 9 heteroatoms. The summed E-state index contributed by atoms with van der Waals surface area (Å²) in [6.45, 7) is 5.67. The summed E-state index contributed by atoms with van der Waals surface area (Å²) in [5, 5.41) is 21.3. The quantitative estimate of drug-likeness (QED) is 0.617. The van der Waals surface area contributed by atoms with Gasteiger partial charge in [-0.3, -0.25) is 9.36 Å². The predicted octanol–water partition coefficient (Wildman–Crippen LogP) is 3.87. The summed E-state index contributed by atoms with van der Waals surface area (Å²) in [6.07, 6.45) is 0. The summed E-state index contributed by atoms with van der Waals surface area (Å²) in [5.74, 6) is 1.19. The van der Waals surface area contributed by atoms with Gasteiger partial charge in [-0.25, -0.2) is 0 Å². The van der Waals surface area contributed by atoms with Gasteiger partial charge in [0, 0.05) is 11.4 Å². The van der Waals surface area contributed by atoms with E-state index in [4.69, 9.17) is 4.74 Å². The Bertz CT molecular complexity index is 1050. The van der Waals surface area contributed by atoms with Gasteiger partial charge in [0.25, 0.3) is 0 Å². The molecule has 0 fully saturated rings. The van der Waals surface area contributed by atoms with E-state index in [2.05, 4.69) is 21.6 Å². The first-order valence-electron chi connectivity index (χ1n) is 8.43. The first-order valence-corrected chi connectivity index (χ1v) is 10.2. The first-order chi connectivity index (χ1) is 13.4. The van der Waals surface area contributed by atoms with Gasteiger partial charge in [0.1, 0.15) is 22.6 Å². The maximum Gasteiger partial charge on any atom is 0.235 e. The van der Waals surface area contributed by atoms with E-state index in [9.17, 15) is 10.1 Å². The molecule has 0 saturated heterocycles. The van der Waals surface area contributed by atoms with Crippen molar-refractivity contribution in [3.63, 3.8) is 0 Å². The molecule has 1 N–H and O–H groups in total. The number of aryl methyl sites for hydroxylation is 1. The largest absolute Gasteiger partial charge is 0.497 e. The van der Waals surface area contributed by atoms with Crippen molar-refractivity contribution in [2.24, 2.45) is 0 Å². The van der Waals surface area contributed by atoms with Crippen molar-refractivity contribution < 1.29 is 9.53 Å². The van der Waals surface area contributed by atoms with Crippen LogP contribution in [0.1, 0.15) is 21.8 Å². The van der Waals surface area contributed by atoms with Gasteiger partial charge in [-0.2, -0.15) is 5.26 Å². The number of amides is 1. The number of hydrogen-bond acceptors (Lipinski definition) is 7. The number of anilines is 1. The highest BCUT2D eigenvalue weighted by atomic mass is 32.2. The topological polar surface area (TPSA) is 92.8 Å². The number of ether oxygens (including phenoxy) is 1. The van der Waals surface area contributed by atoms with Gasteiger partial charge >= 0.3 is 0 Å². The molecule has 3 rings (SSSR count). The minimum absolute atomic E-state index is 0.186. The molecule has 0 unspecified atom stereocenters. The van der Waals surface area contributed by atoms with E-state index in [0.29, 0.717) is 11.4 Å². The molecule has 0 atom stereocenters. The molecule has 0 aliphatic carbocycles. The van der Waals surface area contributed by atoms with E-state index in [1.165, 1.54) is 23.1 Å². The molecule has 0 spiro atoms. The van der Waals surface area contributed by atoms with E-state index in [1.54, 1.807) is 7.11 Å². The third kappa shape index (κ3) is 4.03. The Kier molecular flexibility index (Phi) is 6.02. The summed E-state index contributed by atoms with van der Waals surface area (Å²) in [7, 11) is 1.61. The number of nitrogens with one attached hydrogen (secondary N) is 1. The van der Waals surface area contributed by atoms with Crippen LogP contribution in [0, 0.1) is 32.1 Å². The summed E-state index contributed by atoms with van der Waals surface area (Å²) in [4.78, 5) is 12.5. The highest BCUT2D eigenvalue weighted by Crippen LogP contribution is 2.31. The Balaban J connectivity index is 1.89. The van der Waals surface area contributed by atoms with Gasteiger partial charge < -0.3 is 10.1 Å². The molecule has 28 heavy (non-hydrogen) atoms. The highest BCUT2D eigenvalue weighted by Gasteiger charge is 2.21. The maximum atomic E-state index is 12.5. The Morgan fingerprint density at radius 1 is 1.29 bits per heavy atom. The normalized spacial score (nSPS) is 10.5. The molecule has 1 aromatic carbocycles. The molecule has 0 bridgehead atoms. The fraction of sp³-hybridized carbons (Fsp3) is 0.263. The van der Waals surface area contributed by atoms with Crippen LogP contribution in [-0.4, -0.2) is 33.5 Å². The fourth-order valence-electron chi connectivity index (χ4n) is 2.75. The van der Waals surface area contributed by atoms with Crippen LogP contribution >= 0.6 is 23.1 Å². The Morgan fingerprint density at radius 3 is 2.57 bits per heavy atom. The second-order valence-corrected chi connectivity index (χ2v) is 8.41. The van der Waals surface area contributed by atoms with Gasteiger partial charge in [-0.1, -0.05) is 23.1 Å². The van der Waals surface area contributed by atoms with Crippen LogP contribution in [-0.2, 0) is 4.79 Å². The van der Waals surface area contributed by atoms with Crippen LogP contribution in [0.2, 0.25) is 0 Å². The van der Waals surface area contributed by atoms with Gasteiger partial charge in [0.15, 0.2) is 4.34 Å².